The lowest BCUT2D eigenvalue weighted by Crippen LogP contribution is -2.51. The standard InChI is InChI=1S/C14H18ClN3O5S/c1-16-24(22,23)10-2-3-12(15)11(8-10)14(21)18-6-4-17(5-7-18)13(20)9-19/h2-3,8,16,19H,4-7,9H2,1H3. The average Bonchev–Trinajstić information content (AvgIpc) is 2.60. The quantitative estimate of drug-likeness (QED) is 0.739. The first kappa shape index (κ1) is 18.7. The Kier molecular flexibility index (Phi) is 5.81. The van der Waals surface area contributed by atoms with Crippen LogP contribution in [0.3, 0.4) is 0 Å². The molecule has 2 amide bonds. The molecule has 10 heteroatoms. The molecule has 24 heavy (non-hydrogen) atoms. The van der Waals surface area contributed by atoms with E-state index in [2.05, 4.69) is 4.72 Å². The lowest BCUT2D eigenvalue weighted by molar-refractivity contribution is -0.135. The Labute approximate surface area is 145 Å². The van der Waals surface area contributed by atoms with Crippen LogP contribution in [0.25, 0.3) is 0 Å². The van der Waals surface area contributed by atoms with E-state index in [1.165, 1.54) is 35.0 Å². The maximum absolute atomic E-state index is 12.6. The fourth-order valence-electron chi connectivity index (χ4n) is 2.38. The van der Waals surface area contributed by atoms with Gasteiger partial charge in [-0.15, -0.1) is 0 Å². The smallest absolute Gasteiger partial charge is 0.255 e. The van der Waals surface area contributed by atoms with Crippen LogP contribution in [0, 0.1) is 0 Å². The summed E-state index contributed by atoms with van der Waals surface area (Å²) in [6.45, 7) is 0.603. The molecule has 1 aromatic carbocycles. The number of amides is 2. The maximum Gasteiger partial charge on any atom is 0.255 e. The summed E-state index contributed by atoms with van der Waals surface area (Å²) >= 11 is 6.04. The molecule has 0 spiro atoms. The van der Waals surface area contributed by atoms with Crippen molar-refractivity contribution in [2.45, 2.75) is 4.90 Å². The second-order valence-electron chi connectivity index (χ2n) is 5.18. The van der Waals surface area contributed by atoms with Gasteiger partial charge in [0.05, 0.1) is 15.5 Å². The molecule has 132 valence electrons. The van der Waals surface area contributed by atoms with Crippen molar-refractivity contribution in [1.82, 2.24) is 14.5 Å². The summed E-state index contributed by atoms with van der Waals surface area (Å²) in [4.78, 5) is 27.0. The molecular formula is C14H18ClN3O5S. The highest BCUT2D eigenvalue weighted by atomic mass is 35.5. The van der Waals surface area contributed by atoms with Crippen molar-refractivity contribution in [3.8, 4) is 0 Å². The second kappa shape index (κ2) is 7.47. The normalized spacial score (nSPS) is 15.5. The maximum atomic E-state index is 12.6. The molecule has 1 heterocycles. The highest BCUT2D eigenvalue weighted by molar-refractivity contribution is 7.89. The van der Waals surface area contributed by atoms with Crippen LogP contribution >= 0.6 is 11.6 Å². The van der Waals surface area contributed by atoms with Crippen LogP contribution in [0.4, 0.5) is 0 Å². The number of piperazine rings is 1. The van der Waals surface area contributed by atoms with Gasteiger partial charge in [0, 0.05) is 26.2 Å². The van der Waals surface area contributed by atoms with E-state index in [9.17, 15) is 18.0 Å². The van der Waals surface area contributed by atoms with E-state index in [4.69, 9.17) is 16.7 Å². The molecule has 1 aliphatic heterocycles. The molecule has 1 aliphatic rings. The largest absolute Gasteiger partial charge is 0.387 e. The number of aliphatic hydroxyl groups is 1. The summed E-state index contributed by atoms with van der Waals surface area (Å²) in [7, 11) is -2.40. The Morgan fingerprint density at radius 3 is 2.33 bits per heavy atom. The van der Waals surface area contributed by atoms with Gasteiger partial charge >= 0.3 is 0 Å². The molecule has 0 aliphatic carbocycles. The predicted octanol–water partition coefficient (Wildman–Crippen LogP) is -0.475. The van der Waals surface area contributed by atoms with E-state index in [1.54, 1.807) is 0 Å². The molecule has 0 radical (unpaired) electrons. The van der Waals surface area contributed by atoms with E-state index in [-0.39, 0.29) is 34.5 Å². The van der Waals surface area contributed by atoms with Crippen molar-refractivity contribution in [2.75, 3.05) is 39.8 Å². The zero-order valence-corrected chi connectivity index (χ0v) is 14.6. The number of nitrogens with one attached hydrogen (secondary N) is 1. The molecule has 2 N–H and O–H groups in total. The van der Waals surface area contributed by atoms with Crippen LogP contribution in [0.5, 0.6) is 0 Å². The topological polar surface area (TPSA) is 107 Å². The van der Waals surface area contributed by atoms with Gasteiger partial charge in [-0.2, -0.15) is 0 Å². The third-order valence-corrected chi connectivity index (χ3v) is 5.54. The number of carbonyl (C=O) groups excluding carboxylic acids is 2. The van der Waals surface area contributed by atoms with Crippen LogP contribution < -0.4 is 4.72 Å². The van der Waals surface area contributed by atoms with Crippen molar-refractivity contribution < 1.29 is 23.1 Å². The Balaban J connectivity index is 2.19. The van der Waals surface area contributed by atoms with Crippen molar-refractivity contribution in [3.63, 3.8) is 0 Å². The van der Waals surface area contributed by atoms with E-state index >= 15 is 0 Å². The summed E-state index contributed by atoms with van der Waals surface area (Å²) in [5, 5.41) is 9.01. The van der Waals surface area contributed by atoms with Gasteiger partial charge in [-0.3, -0.25) is 9.59 Å². The number of carbonyl (C=O) groups is 2. The Bertz CT molecular complexity index is 745. The Morgan fingerprint density at radius 2 is 1.79 bits per heavy atom. The van der Waals surface area contributed by atoms with Crippen LogP contribution in [0.15, 0.2) is 23.1 Å². The van der Waals surface area contributed by atoms with Gasteiger partial charge < -0.3 is 14.9 Å². The van der Waals surface area contributed by atoms with Crippen molar-refractivity contribution in [1.29, 1.82) is 0 Å². The molecule has 0 atom stereocenters. The summed E-state index contributed by atoms with van der Waals surface area (Å²) in [6.07, 6.45) is 0. The summed E-state index contributed by atoms with van der Waals surface area (Å²) in [5.74, 6) is -0.786. The highest BCUT2D eigenvalue weighted by Gasteiger charge is 2.26. The van der Waals surface area contributed by atoms with Crippen molar-refractivity contribution in [2.24, 2.45) is 0 Å². The summed E-state index contributed by atoms with van der Waals surface area (Å²) in [5.41, 5.74) is 0.0925. The predicted molar refractivity (Wildman–Crippen MR) is 87.3 cm³/mol. The first-order valence-corrected chi connectivity index (χ1v) is 9.07. The molecule has 1 fully saturated rings. The third-order valence-electron chi connectivity index (χ3n) is 3.80. The highest BCUT2D eigenvalue weighted by Crippen LogP contribution is 2.22. The number of nitrogens with zero attached hydrogens (tertiary/aromatic N) is 2. The molecule has 1 saturated heterocycles. The Hall–Kier alpha value is -1.68. The summed E-state index contributed by atoms with van der Waals surface area (Å²) < 4.78 is 25.9. The minimum Gasteiger partial charge on any atom is -0.387 e. The number of rotatable bonds is 4. The van der Waals surface area contributed by atoms with Gasteiger partial charge in [0.25, 0.3) is 5.91 Å². The van der Waals surface area contributed by atoms with Gasteiger partial charge in [-0.05, 0) is 25.2 Å². The first-order valence-electron chi connectivity index (χ1n) is 7.21. The summed E-state index contributed by atoms with van der Waals surface area (Å²) in [6, 6.07) is 3.93. The lowest BCUT2D eigenvalue weighted by atomic mass is 10.1. The number of halogens is 1. The molecule has 0 unspecified atom stereocenters. The molecule has 1 aromatic rings. The molecule has 2 rings (SSSR count). The number of benzene rings is 1. The second-order valence-corrected chi connectivity index (χ2v) is 7.47. The van der Waals surface area contributed by atoms with Gasteiger partial charge in [-0.1, -0.05) is 11.6 Å². The zero-order chi connectivity index (χ0) is 17.9. The molecule has 8 nitrogen and oxygen atoms in total. The van der Waals surface area contributed by atoms with Gasteiger partial charge in [-0.25, -0.2) is 13.1 Å². The monoisotopic (exact) mass is 375 g/mol. The SMILES string of the molecule is CNS(=O)(=O)c1ccc(Cl)c(C(=O)N2CCN(C(=O)CO)CC2)c1. The fraction of sp³-hybridized carbons (Fsp3) is 0.429. The third kappa shape index (κ3) is 3.86. The fourth-order valence-corrected chi connectivity index (χ4v) is 3.34. The van der Waals surface area contributed by atoms with Crippen LogP contribution in [0.1, 0.15) is 10.4 Å². The van der Waals surface area contributed by atoms with E-state index in [0.29, 0.717) is 13.1 Å². The van der Waals surface area contributed by atoms with Crippen LogP contribution in [-0.4, -0.2) is 75.0 Å². The number of hydrogen-bond donors (Lipinski definition) is 2. The minimum atomic E-state index is -3.69. The van der Waals surface area contributed by atoms with Crippen LogP contribution in [0.2, 0.25) is 5.02 Å². The molecule has 0 aromatic heterocycles. The van der Waals surface area contributed by atoms with E-state index in [0.717, 1.165) is 0 Å². The van der Waals surface area contributed by atoms with E-state index < -0.39 is 22.5 Å². The lowest BCUT2D eigenvalue weighted by Gasteiger charge is -2.34. The van der Waals surface area contributed by atoms with Gasteiger partial charge in [0.2, 0.25) is 15.9 Å². The number of aliphatic hydroxyl groups excluding tert-OH is 1. The molecule has 0 saturated carbocycles. The van der Waals surface area contributed by atoms with Gasteiger partial charge in [0.15, 0.2) is 0 Å². The van der Waals surface area contributed by atoms with Crippen molar-refractivity contribution in [3.05, 3.63) is 28.8 Å². The van der Waals surface area contributed by atoms with E-state index in [1.807, 2.05) is 0 Å². The number of hydrogen-bond acceptors (Lipinski definition) is 5. The Morgan fingerprint density at radius 1 is 1.21 bits per heavy atom. The molecular weight excluding hydrogens is 358 g/mol. The minimum absolute atomic E-state index is 0.0492. The van der Waals surface area contributed by atoms with Crippen LogP contribution in [-0.2, 0) is 14.8 Å². The van der Waals surface area contributed by atoms with Gasteiger partial charge in [0.1, 0.15) is 6.61 Å². The average molecular weight is 376 g/mol. The first-order chi connectivity index (χ1) is 11.3. The molecule has 0 bridgehead atoms. The number of sulfonamides is 1. The zero-order valence-electron chi connectivity index (χ0n) is 13.0. The van der Waals surface area contributed by atoms with Crippen molar-refractivity contribution >= 4 is 33.4 Å².